The van der Waals surface area contributed by atoms with Crippen molar-refractivity contribution in [1.29, 1.82) is 0 Å². The third-order valence-electron chi connectivity index (χ3n) is 2.10. The average molecular weight is 274 g/mol. The number of hydrogen-bond donors (Lipinski definition) is 0. The van der Waals surface area contributed by atoms with Crippen LogP contribution in [-0.2, 0) is 0 Å². The lowest BCUT2D eigenvalue weighted by molar-refractivity contribution is 0.781. The smallest absolute Gasteiger partial charge is 0.0411 e. The van der Waals surface area contributed by atoms with Crippen molar-refractivity contribution in [3.05, 3.63) is 40.4 Å². The molecule has 76 valence electrons. The van der Waals surface area contributed by atoms with Crippen molar-refractivity contribution >= 4 is 33.6 Å². The van der Waals surface area contributed by atoms with Crippen molar-refractivity contribution in [1.82, 2.24) is 0 Å². The van der Waals surface area contributed by atoms with Crippen molar-refractivity contribution in [3.8, 4) is 0 Å². The van der Waals surface area contributed by atoms with Crippen molar-refractivity contribution in [2.75, 3.05) is 5.33 Å². The Kier molecular flexibility index (Phi) is 4.70. The van der Waals surface area contributed by atoms with Crippen LogP contribution in [0.2, 0.25) is 5.02 Å². The Morgan fingerprint density at radius 3 is 2.71 bits per heavy atom. The molecule has 1 rings (SSSR count). The summed E-state index contributed by atoms with van der Waals surface area (Å²) in [6.45, 7) is 4.38. The molecule has 0 N–H and O–H groups in total. The molecule has 0 nitrogen and oxygen atoms in total. The van der Waals surface area contributed by atoms with Crippen molar-refractivity contribution in [3.63, 3.8) is 0 Å². The number of rotatable bonds is 3. The molecule has 0 aliphatic rings. The Morgan fingerprint density at radius 1 is 1.50 bits per heavy atom. The lowest BCUT2D eigenvalue weighted by Gasteiger charge is -2.07. The molecule has 0 spiro atoms. The van der Waals surface area contributed by atoms with Gasteiger partial charge in [-0.1, -0.05) is 65.2 Å². The van der Waals surface area contributed by atoms with Crippen LogP contribution in [0.15, 0.2) is 29.8 Å². The van der Waals surface area contributed by atoms with Crippen molar-refractivity contribution in [2.24, 2.45) is 5.92 Å². The van der Waals surface area contributed by atoms with Crippen molar-refractivity contribution in [2.45, 2.75) is 13.8 Å². The third-order valence-corrected chi connectivity index (χ3v) is 2.98. The van der Waals surface area contributed by atoms with E-state index in [0.717, 1.165) is 10.4 Å². The van der Waals surface area contributed by atoms with Gasteiger partial charge in [-0.2, -0.15) is 0 Å². The van der Waals surface area contributed by atoms with Gasteiger partial charge in [-0.05, 0) is 23.6 Å². The highest BCUT2D eigenvalue weighted by Gasteiger charge is 2.01. The Labute approximate surface area is 99.1 Å². The second-order valence-corrected chi connectivity index (χ2v) is 4.56. The van der Waals surface area contributed by atoms with Crippen LogP contribution in [0.5, 0.6) is 0 Å². The van der Waals surface area contributed by atoms with E-state index in [1.807, 2.05) is 18.2 Å². The fourth-order valence-corrected chi connectivity index (χ4v) is 2.18. The van der Waals surface area contributed by atoms with Gasteiger partial charge in [-0.25, -0.2) is 0 Å². The average Bonchev–Trinajstić information content (AvgIpc) is 2.14. The first-order chi connectivity index (χ1) is 6.63. The summed E-state index contributed by atoms with van der Waals surface area (Å²) < 4.78 is 0. The summed E-state index contributed by atoms with van der Waals surface area (Å²) in [6.07, 6.45) is 2.19. The summed E-state index contributed by atoms with van der Waals surface area (Å²) in [5, 5.41) is 1.70. The molecule has 0 amide bonds. The van der Waals surface area contributed by atoms with Gasteiger partial charge < -0.3 is 0 Å². The predicted molar refractivity (Wildman–Crippen MR) is 68.1 cm³/mol. The van der Waals surface area contributed by atoms with Crippen LogP contribution in [0.4, 0.5) is 0 Å². The molecule has 0 radical (unpaired) electrons. The Hall–Kier alpha value is -0.270. The quantitative estimate of drug-likeness (QED) is 0.696. The van der Waals surface area contributed by atoms with Crippen LogP contribution in [0.1, 0.15) is 19.4 Å². The molecule has 0 atom stereocenters. The van der Waals surface area contributed by atoms with Gasteiger partial charge in [0.15, 0.2) is 0 Å². The Morgan fingerprint density at radius 2 is 2.21 bits per heavy atom. The largest absolute Gasteiger partial charge is 0.0880 e. The number of alkyl halides is 1. The molecule has 0 bridgehead atoms. The van der Waals surface area contributed by atoms with Gasteiger partial charge >= 0.3 is 0 Å². The highest BCUT2D eigenvalue weighted by molar-refractivity contribution is 9.09. The molecular formula is C12H14BrCl. The molecule has 0 saturated heterocycles. The maximum atomic E-state index is 5.91. The molecule has 0 heterocycles. The molecule has 0 aromatic heterocycles. The monoisotopic (exact) mass is 272 g/mol. The zero-order chi connectivity index (χ0) is 10.6. The SMILES string of the molecule is CC(C)/C(=C/c1cccc(Cl)c1)CBr. The zero-order valence-corrected chi connectivity index (χ0v) is 10.8. The van der Waals surface area contributed by atoms with E-state index in [2.05, 4.69) is 41.9 Å². The van der Waals surface area contributed by atoms with E-state index < -0.39 is 0 Å². The van der Waals surface area contributed by atoms with E-state index in [9.17, 15) is 0 Å². The lowest BCUT2D eigenvalue weighted by atomic mass is 10.0. The summed E-state index contributed by atoms with van der Waals surface area (Å²) in [6, 6.07) is 7.91. The third kappa shape index (κ3) is 3.47. The molecular weight excluding hydrogens is 259 g/mol. The fourth-order valence-electron chi connectivity index (χ4n) is 1.17. The molecule has 1 aromatic carbocycles. The molecule has 2 heteroatoms. The van der Waals surface area contributed by atoms with Crippen LogP contribution < -0.4 is 0 Å². The first-order valence-corrected chi connectivity index (χ1v) is 6.15. The van der Waals surface area contributed by atoms with E-state index >= 15 is 0 Å². The molecule has 0 unspecified atom stereocenters. The predicted octanol–water partition coefficient (Wildman–Crippen LogP) is 4.77. The number of hydrogen-bond acceptors (Lipinski definition) is 0. The standard InChI is InChI=1S/C12H14BrCl/c1-9(2)11(8-13)6-10-4-3-5-12(14)7-10/h3-7,9H,8H2,1-2H3/b11-6+. The van der Waals surface area contributed by atoms with E-state index in [1.54, 1.807) is 0 Å². The van der Waals surface area contributed by atoms with Crippen LogP contribution in [0, 0.1) is 5.92 Å². The topological polar surface area (TPSA) is 0 Å². The molecule has 0 aliphatic carbocycles. The summed E-state index contributed by atoms with van der Waals surface area (Å²) in [5.41, 5.74) is 2.55. The van der Waals surface area contributed by atoms with E-state index in [4.69, 9.17) is 11.6 Å². The maximum absolute atomic E-state index is 5.91. The van der Waals surface area contributed by atoms with Gasteiger partial charge in [-0.3, -0.25) is 0 Å². The van der Waals surface area contributed by atoms with Gasteiger partial charge in [0.25, 0.3) is 0 Å². The van der Waals surface area contributed by atoms with Crippen LogP contribution >= 0.6 is 27.5 Å². The summed E-state index contributed by atoms with van der Waals surface area (Å²) >= 11 is 9.40. The minimum atomic E-state index is 0.563. The second-order valence-electron chi connectivity index (χ2n) is 3.56. The first kappa shape index (κ1) is 11.8. The second kappa shape index (κ2) is 5.57. The first-order valence-electron chi connectivity index (χ1n) is 4.65. The highest BCUT2D eigenvalue weighted by atomic mass is 79.9. The van der Waals surface area contributed by atoms with E-state index in [0.29, 0.717) is 5.92 Å². The van der Waals surface area contributed by atoms with E-state index in [-0.39, 0.29) is 0 Å². The highest BCUT2D eigenvalue weighted by Crippen LogP contribution is 2.19. The van der Waals surface area contributed by atoms with Crippen LogP contribution in [0.3, 0.4) is 0 Å². The molecule has 0 fully saturated rings. The maximum Gasteiger partial charge on any atom is 0.0411 e. The van der Waals surface area contributed by atoms with Gasteiger partial charge in [-0.15, -0.1) is 0 Å². The summed E-state index contributed by atoms with van der Waals surface area (Å²) in [7, 11) is 0. The summed E-state index contributed by atoms with van der Waals surface area (Å²) in [5.74, 6) is 0.563. The Bertz CT molecular complexity index is 329. The van der Waals surface area contributed by atoms with Gasteiger partial charge in [0.2, 0.25) is 0 Å². The number of halogens is 2. The Balaban J connectivity index is 2.94. The van der Waals surface area contributed by atoms with Crippen LogP contribution in [0.25, 0.3) is 6.08 Å². The number of allylic oxidation sites excluding steroid dienone is 1. The molecule has 14 heavy (non-hydrogen) atoms. The fraction of sp³-hybridized carbons (Fsp3) is 0.333. The van der Waals surface area contributed by atoms with Gasteiger partial charge in [0.05, 0.1) is 0 Å². The minimum Gasteiger partial charge on any atom is -0.0880 e. The van der Waals surface area contributed by atoms with Gasteiger partial charge in [0, 0.05) is 10.4 Å². The molecule has 1 aromatic rings. The summed E-state index contributed by atoms with van der Waals surface area (Å²) in [4.78, 5) is 0. The zero-order valence-electron chi connectivity index (χ0n) is 8.43. The molecule has 0 aliphatic heterocycles. The van der Waals surface area contributed by atoms with Crippen LogP contribution in [-0.4, -0.2) is 5.33 Å². The van der Waals surface area contributed by atoms with E-state index in [1.165, 1.54) is 11.1 Å². The van der Waals surface area contributed by atoms with Gasteiger partial charge in [0.1, 0.15) is 0 Å². The lowest BCUT2D eigenvalue weighted by Crippen LogP contribution is -1.94. The van der Waals surface area contributed by atoms with Crippen molar-refractivity contribution < 1.29 is 0 Å². The molecule has 0 saturated carbocycles. The normalized spacial score (nSPS) is 12.2. The minimum absolute atomic E-state index is 0.563. The number of benzene rings is 1.